The molecule has 1 aromatic heterocycles. The Hall–Kier alpha value is -4.05. The zero-order chi connectivity index (χ0) is 26.9. The van der Waals surface area contributed by atoms with Crippen molar-refractivity contribution >= 4 is 17.8 Å². The third-order valence-corrected chi connectivity index (χ3v) is 5.05. The number of hydrogen-bond donors (Lipinski definition) is 0. The molecule has 1 heterocycles. The molecule has 190 valence electrons. The van der Waals surface area contributed by atoms with Crippen LogP contribution in [0.5, 0.6) is 5.88 Å². The van der Waals surface area contributed by atoms with E-state index in [1.807, 2.05) is 6.92 Å². The summed E-state index contributed by atoms with van der Waals surface area (Å²) in [6, 6.07) is 4.60. The third-order valence-electron chi connectivity index (χ3n) is 5.05. The predicted molar refractivity (Wildman–Crippen MR) is 130 cm³/mol. The lowest BCUT2D eigenvalue weighted by Gasteiger charge is -2.29. The number of aromatic nitrogens is 1. The first-order valence-electron chi connectivity index (χ1n) is 11.0. The number of carbonyl (C=O) groups is 1. The molecular weight excluding hydrogens is 476 g/mol. The Balaban J connectivity index is 2.25. The summed E-state index contributed by atoms with van der Waals surface area (Å²) >= 11 is 0. The summed E-state index contributed by atoms with van der Waals surface area (Å²) < 4.78 is 57.6. The molecule has 0 saturated heterocycles. The molecule has 0 unspecified atom stereocenters. The van der Waals surface area contributed by atoms with E-state index in [4.69, 9.17) is 11.2 Å². The highest BCUT2D eigenvalue weighted by Gasteiger charge is 2.32. The van der Waals surface area contributed by atoms with Gasteiger partial charge in [0.25, 0.3) is 5.91 Å². The van der Waals surface area contributed by atoms with E-state index in [1.54, 1.807) is 39.1 Å². The average Bonchev–Trinajstić information content (AvgIpc) is 2.85. The minimum Gasteiger partial charge on any atom is -0.473 e. The highest BCUT2D eigenvalue weighted by molar-refractivity contribution is 6.00. The summed E-state index contributed by atoms with van der Waals surface area (Å²) in [5, 5.41) is 5.71. The standard InChI is InChI=1S/C26H26F4N4O2/c1-6-9-10-13-32-33(5)23-14-19(7-2)11-12-21(23)25(35)34(8-3)18(4)17-36-24-22(27)15-20(16-31-24)26(28,29)30/h2,11-16,18H,6,8,17H2,1,3-5H3/b32-13-/t18-/m0/s1. The molecular formula is C26H26F4N4O2. The molecule has 1 aromatic carbocycles. The van der Waals surface area contributed by atoms with E-state index in [-0.39, 0.29) is 19.1 Å². The van der Waals surface area contributed by atoms with Gasteiger partial charge in [0.1, 0.15) is 6.61 Å². The van der Waals surface area contributed by atoms with Crippen molar-refractivity contribution in [1.29, 1.82) is 0 Å². The number of nitrogens with zero attached hydrogens (tertiary/aromatic N) is 4. The molecule has 0 saturated carbocycles. The number of rotatable bonds is 8. The minimum absolute atomic E-state index is 0.201. The van der Waals surface area contributed by atoms with E-state index in [0.717, 1.165) is 0 Å². The van der Waals surface area contributed by atoms with Gasteiger partial charge < -0.3 is 9.64 Å². The molecule has 2 rings (SSSR count). The maximum atomic E-state index is 14.1. The van der Waals surface area contributed by atoms with E-state index in [1.165, 1.54) is 16.1 Å². The molecule has 10 heteroatoms. The molecule has 1 atom stereocenters. The van der Waals surface area contributed by atoms with Crippen LogP contribution in [-0.4, -0.2) is 48.2 Å². The van der Waals surface area contributed by atoms with E-state index in [0.29, 0.717) is 35.5 Å². The number of halogens is 4. The fourth-order valence-corrected chi connectivity index (χ4v) is 3.18. The van der Waals surface area contributed by atoms with Crippen molar-refractivity contribution in [2.75, 3.05) is 25.2 Å². The number of pyridine rings is 1. The van der Waals surface area contributed by atoms with Gasteiger partial charge in [0.15, 0.2) is 5.82 Å². The van der Waals surface area contributed by atoms with Crippen LogP contribution in [0.3, 0.4) is 0 Å². The highest BCUT2D eigenvalue weighted by atomic mass is 19.4. The molecule has 0 aliphatic carbocycles. The normalized spacial score (nSPS) is 11.9. The Kier molecular flexibility index (Phi) is 9.86. The van der Waals surface area contributed by atoms with E-state index < -0.39 is 29.5 Å². The number of terminal acetylenes is 1. The van der Waals surface area contributed by atoms with Gasteiger partial charge in [0, 0.05) is 31.8 Å². The quantitative estimate of drug-likeness (QED) is 0.221. The fourth-order valence-electron chi connectivity index (χ4n) is 3.18. The largest absolute Gasteiger partial charge is 0.473 e. The number of carbonyl (C=O) groups excluding carboxylic acids is 1. The molecule has 0 spiro atoms. The second-order valence-corrected chi connectivity index (χ2v) is 7.58. The van der Waals surface area contributed by atoms with Gasteiger partial charge in [0.05, 0.1) is 29.1 Å². The highest BCUT2D eigenvalue weighted by Crippen LogP contribution is 2.31. The van der Waals surface area contributed by atoms with E-state index in [2.05, 4.69) is 27.8 Å². The fraction of sp³-hybridized carbons (Fsp3) is 0.346. The number of likely N-dealkylation sites (N-methyl/N-ethyl adjacent to an activating group) is 1. The van der Waals surface area contributed by atoms with Gasteiger partial charge in [-0.15, -0.1) is 6.42 Å². The first kappa shape index (κ1) is 28.2. The van der Waals surface area contributed by atoms with Gasteiger partial charge in [0.2, 0.25) is 5.88 Å². The van der Waals surface area contributed by atoms with Crippen molar-refractivity contribution in [3.63, 3.8) is 0 Å². The van der Waals surface area contributed by atoms with Gasteiger partial charge in [-0.2, -0.15) is 18.3 Å². The summed E-state index contributed by atoms with van der Waals surface area (Å²) in [7, 11) is 1.65. The molecule has 6 nitrogen and oxygen atoms in total. The molecule has 36 heavy (non-hydrogen) atoms. The van der Waals surface area contributed by atoms with Crippen molar-refractivity contribution in [1.82, 2.24) is 9.88 Å². The number of amides is 1. The maximum Gasteiger partial charge on any atom is 0.417 e. The lowest BCUT2D eigenvalue weighted by molar-refractivity contribution is -0.138. The van der Waals surface area contributed by atoms with Crippen LogP contribution in [-0.2, 0) is 6.18 Å². The average molecular weight is 503 g/mol. The minimum atomic E-state index is -4.72. The summed E-state index contributed by atoms with van der Waals surface area (Å²) in [6.45, 7) is 5.40. The lowest BCUT2D eigenvalue weighted by atomic mass is 10.1. The van der Waals surface area contributed by atoms with Crippen LogP contribution in [0.4, 0.5) is 23.2 Å². The number of alkyl halides is 3. The Morgan fingerprint density at radius 1 is 1.31 bits per heavy atom. The summed E-state index contributed by atoms with van der Waals surface area (Å²) in [4.78, 5) is 18.4. The Labute approximate surface area is 208 Å². The number of benzene rings is 1. The monoisotopic (exact) mass is 502 g/mol. The zero-order valence-corrected chi connectivity index (χ0v) is 20.4. The molecule has 0 radical (unpaired) electrons. The topological polar surface area (TPSA) is 58.0 Å². The Bertz CT molecular complexity index is 1210. The van der Waals surface area contributed by atoms with Crippen LogP contribution in [0.25, 0.3) is 0 Å². The predicted octanol–water partition coefficient (Wildman–Crippen LogP) is 4.99. The molecule has 2 aromatic rings. The maximum absolute atomic E-state index is 14.1. The van der Waals surface area contributed by atoms with Crippen LogP contribution < -0.4 is 9.75 Å². The summed E-state index contributed by atoms with van der Waals surface area (Å²) in [5.74, 6) is 5.97. The van der Waals surface area contributed by atoms with Crippen LogP contribution in [0.1, 0.15) is 48.7 Å². The molecule has 0 fully saturated rings. The molecule has 0 aliphatic heterocycles. The van der Waals surface area contributed by atoms with Crippen molar-refractivity contribution in [3.8, 4) is 30.1 Å². The van der Waals surface area contributed by atoms with E-state index in [9.17, 15) is 22.4 Å². The molecule has 0 aliphatic rings. The number of hydrazone groups is 1. The van der Waals surface area contributed by atoms with Crippen molar-refractivity contribution < 1.29 is 27.1 Å². The van der Waals surface area contributed by atoms with Crippen LogP contribution in [0, 0.1) is 30.0 Å². The summed E-state index contributed by atoms with van der Waals surface area (Å²) in [6.07, 6.45) is 3.37. The van der Waals surface area contributed by atoms with Crippen LogP contribution >= 0.6 is 0 Å². The molecule has 0 bridgehead atoms. The number of ether oxygens (including phenoxy) is 1. The Morgan fingerprint density at radius 2 is 2.03 bits per heavy atom. The third kappa shape index (κ3) is 7.22. The first-order chi connectivity index (χ1) is 17.0. The zero-order valence-electron chi connectivity index (χ0n) is 20.4. The second-order valence-electron chi connectivity index (χ2n) is 7.58. The van der Waals surface area contributed by atoms with E-state index >= 15 is 0 Å². The SMILES string of the molecule is C#Cc1ccc(C(=O)N(CC)[C@@H](C)COc2ncc(C(F)(F)F)cc2F)c(N(C)/N=C\C#CCC)c1. The smallest absolute Gasteiger partial charge is 0.417 e. The van der Waals surface area contributed by atoms with Crippen molar-refractivity contribution in [3.05, 3.63) is 53.0 Å². The molecule has 1 amide bonds. The van der Waals surface area contributed by atoms with Crippen molar-refractivity contribution in [2.45, 2.75) is 39.4 Å². The summed E-state index contributed by atoms with van der Waals surface area (Å²) in [5.41, 5.74) is 0.0874. The second kappa shape index (κ2) is 12.6. The van der Waals surface area contributed by atoms with Gasteiger partial charge in [-0.05, 0) is 38.1 Å². The molecule has 0 N–H and O–H groups in total. The lowest BCUT2D eigenvalue weighted by Crippen LogP contribution is -2.42. The number of anilines is 1. The number of hydrogen-bond acceptors (Lipinski definition) is 5. The van der Waals surface area contributed by atoms with Gasteiger partial charge in [-0.1, -0.05) is 24.7 Å². The Morgan fingerprint density at radius 3 is 2.61 bits per heavy atom. The van der Waals surface area contributed by atoms with Crippen molar-refractivity contribution in [2.24, 2.45) is 5.10 Å². The first-order valence-corrected chi connectivity index (χ1v) is 11.0. The van der Waals surface area contributed by atoms with Gasteiger partial charge in [-0.3, -0.25) is 9.80 Å². The van der Waals surface area contributed by atoms with Crippen LogP contribution in [0.15, 0.2) is 35.6 Å². The van der Waals surface area contributed by atoms with Crippen LogP contribution in [0.2, 0.25) is 0 Å². The van der Waals surface area contributed by atoms with Gasteiger partial charge >= 0.3 is 6.18 Å². The van der Waals surface area contributed by atoms with Gasteiger partial charge in [-0.25, -0.2) is 9.37 Å².